The Hall–Kier alpha value is -3.93. The molecule has 0 amide bonds. The van der Waals surface area contributed by atoms with E-state index in [2.05, 4.69) is 4.98 Å². The fraction of sp³-hybridized carbons (Fsp3) is 0.125. The van der Waals surface area contributed by atoms with Crippen LogP contribution in [0, 0.1) is 0 Å². The van der Waals surface area contributed by atoms with Gasteiger partial charge >= 0.3 is 0 Å². The van der Waals surface area contributed by atoms with Gasteiger partial charge in [0.15, 0.2) is 11.4 Å². The SMILES string of the molecule is COc1ccc(C(=O)CC(=O)c2nc3ccccc3o2)c(OCc2ccccc2)c1. The first-order valence-electron chi connectivity index (χ1n) is 9.41. The summed E-state index contributed by atoms with van der Waals surface area (Å²) in [6.45, 7) is 0.285. The van der Waals surface area contributed by atoms with Gasteiger partial charge in [-0.3, -0.25) is 9.59 Å². The molecule has 0 spiro atoms. The topological polar surface area (TPSA) is 78.6 Å². The first-order chi connectivity index (χ1) is 14.6. The summed E-state index contributed by atoms with van der Waals surface area (Å²) in [5.41, 5.74) is 2.34. The van der Waals surface area contributed by atoms with Crippen molar-refractivity contribution in [2.45, 2.75) is 13.0 Å². The second-order valence-corrected chi connectivity index (χ2v) is 6.65. The molecule has 6 heteroatoms. The number of carbonyl (C=O) groups is 2. The normalized spacial score (nSPS) is 10.7. The summed E-state index contributed by atoms with van der Waals surface area (Å²) in [6, 6.07) is 21.6. The Balaban J connectivity index is 1.54. The molecule has 1 aromatic heterocycles. The van der Waals surface area contributed by atoms with Crippen LogP contribution in [0.5, 0.6) is 11.5 Å². The summed E-state index contributed by atoms with van der Waals surface area (Å²) in [7, 11) is 1.54. The van der Waals surface area contributed by atoms with Gasteiger partial charge in [0, 0.05) is 6.07 Å². The number of ether oxygens (including phenoxy) is 2. The molecular weight excluding hydrogens is 382 g/mol. The second kappa shape index (κ2) is 8.61. The van der Waals surface area contributed by atoms with Crippen molar-refractivity contribution >= 4 is 22.7 Å². The molecule has 3 aromatic carbocycles. The quantitative estimate of drug-likeness (QED) is 0.310. The second-order valence-electron chi connectivity index (χ2n) is 6.65. The number of oxazole rings is 1. The van der Waals surface area contributed by atoms with Gasteiger partial charge in [0.05, 0.1) is 19.1 Å². The summed E-state index contributed by atoms with van der Waals surface area (Å²) in [4.78, 5) is 29.6. The molecule has 0 radical (unpaired) electrons. The van der Waals surface area contributed by atoms with Gasteiger partial charge in [-0.15, -0.1) is 0 Å². The maximum absolute atomic E-state index is 12.9. The summed E-state index contributed by atoms with van der Waals surface area (Å²) >= 11 is 0. The summed E-state index contributed by atoms with van der Waals surface area (Å²) in [6.07, 6.45) is -0.374. The van der Waals surface area contributed by atoms with E-state index in [1.807, 2.05) is 30.3 Å². The fourth-order valence-electron chi connectivity index (χ4n) is 3.02. The molecule has 150 valence electrons. The molecule has 0 N–H and O–H groups in total. The monoisotopic (exact) mass is 401 g/mol. The minimum Gasteiger partial charge on any atom is -0.497 e. The Morgan fingerprint density at radius 3 is 2.47 bits per heavy atom. The lowest BCUT2D eigenvalue weighted by molar-refractivity contribution is 0.0873. The molecule has 0 aliphatic carbocycles. The van der Waals surface area contributed by atoms with Crippen molar-refractivity contribution in [3.8, 4) is 11.5 Å². The number of rotatable bonds is 8. The summed E-state index contributed by atoms with van der Waals surface area (Å²) < 4.78 is 16.6. The van der Waals surface area contributed by atoms with Crippen LogP contribution < -0.4 is 9.47 Å². The number of hydrogen-bond donors (Lipinski definition) is 0. The van der Waals surface area contributed by atoms with Crippen LogP contribution in [0.3, 0.4) is 0 Å². The van der Waals surface area contributed by atoms with Crippen LogP contribution in [0.4, 0.5) is 0 Å². The Morgan fingerprint density at radius 1 is 0.933 bits per heavy atom. The van der Waals surface area contributed by atoms with Crippen molar-refractivity contribution < 1.29 is 23.5 Å². The highest BCUT2D eigenvalue weighted by Crippen LogP contribution is 2.27. The maximum atomic E-state index is 12.9. The predicted octanol–water partition coefficient (Wildman–Crippen LogP) is 4.87. The molecular formula is C24H19NO5. The van der Waals surface area contributed by atoms with E-state index in [4.69, 9.17) is 13.9 Å². The lowest BCUT2D eigenvalue weighted by Crippen LogP contribution is -2.11. The Bertz CT molecular complexity index is 1160. The molecule has 4 aromatic rings. The highest BCUT2D eigenvalue weighted by molar-refractivity contribution is 6.13. The first kappa shape index (κ1) is 19.4. The van der Waals surface area contributed by atoms with Gasteiger partial charge in [-0.05, 0) is 29.8 Å². The molecule has 0 unspecified atom stereocenters. The highest BCUT2D eigenvalue weighted by Gasteiger charge is 2.22. The lowest BCUT2D eigenvalue weighted by atomic mass is 10.0. The molecule has 0 fully saturated rings. The van der Waals surface area contributed by atoms with Crippen molar-refractivity contribution in [3.63, 3.8) is 0 Å². The number of hydrogen-bond acceptors (Lipinski definition) is 6. The molecule has 0 aliphatic heterocycles. The van der Waals surface area contributed by atoms with Crippen LogP contribution >= 0.6 is 0 Å². The molecule has 0 bridgehead atoms. The van der Waals surface area contributed by atoms with E-state index < -0.39 is 5.78 Å². The smallest absolute Gasteiger partial charge is 0.264 e. The zero-order chi connectivity index (χ0) is 20.9. The number of ketones is 2. The van der Waals surface area contributed by atoms with E-state index in [1.165, 1.54) is 7.11 Å². The van der Waals surface area contributed by atoms with Gasteiger partial charge < -0.3 is 13.9 Å². The van der Waals surface area contributed by atoms with E-state index in [9.17, 15) is 9.59 Å². The molecule has 6 nitrogen and oxygen atoms in total. The van der Waals surface area contributed by atoms with E-state index in [0.29, 0.717) is 28.2 Å². The predicted molar refractivity (Wildman–Crippen MR) is 111 cm³/mol. The average molecular weight is 401 g/mol. The fourth-order valence-corrected chi connectivity index (χ4v) is 3.02. The number of para-hydroxylation sites is 2. The minimum absolute atomic E-state index is 0.0789. The van der Waals surface area contributed by atoms with Crippen LogP contribution in [0.2, 0.25) is 0 Å². The molecule has 4 rings (SSSR count). The van der Waals surface area contributed by atoms with Gasteiger partial charge in [-0.25, -0.2) is 4.98 Å². The third-order valence-electron chi connectivity index (χ3n) is 4.58. The number of carbonyl (C=O) groups excluding carboxylic acids is 2. The van der Waals surface area contributed by atoms with Gasteiger partial charge in [-0.2, -0.15) is 0 Å². The standard InChI is InChI=1S/C24H19NO5/c1-28-17-11-12-18(23(13-17)29-15-16-7-3-2-4-8-16)20(26)14-21(27)24-25-19-9-5-6-10-22(19)30-24/h2-13H,14-15H2,1H3. The third-order valence-corrected chi connectivity index (χ3v) is 4.58. The van der Waals surface area contributed by atoms with E-state index >= 15 is 0 Å². The highest BCUT2D eigenvalue weighted by atomic mass is 16.5. The zero-order valence-corrected chi connectivity index (χ0v) is 16.3. The van der Waals surface area contributed by atoms with Crippen LogP contribution in [0.1, 0.15) is 33.0 Å². The molecule has 0 atom stereocenters. The maximum Gasteiger partial charge on any atom is 0.264 e. The van der Waals surface area contributed by atoms with E-state index in [0.717, 1.165) is 5.56 Å². The Labute approximate surface area is 173 Å². The van der Waals surface area contributed by atoms with Crippen molar-refractivity contribution in [1.82, 2.24) is 4.98 Å². The van der Waals surface area contributed by atoms with Crippen LogP contribution in [0.15, 0.2) is 77.2 Å². The van der Waals surface area contributed by atoms with Crippen molar-refractivity contribution in [2.75, 3.05) is 7.11 Å². The number of benzene rings is 3. The van der Waals surface area contributed by atoms with Crippen molar-refractivity contribution in [2.24, 2.45) is 0 Å². The van der Waals surface area contributed by atoms with Crippen molar-refractivity contribution in [1.29, 1.82) is 0 Å². The zero-order valence-electron chi connectivity index (χ0n) is 16.3. The van der Waals surface area contributed by atoms with E-state index in [-0.39, 0.29) is 24.7 Å². The van der Waals surface area contributed by atoms with Crippen LogP contribution in [-0.4, -0.2) is 23.7 Å². The first-order valence-corrected chi connectivity index (χ1v) is 9.41. The number of nitrogens with zero attached hydrogens (tertiary/aromatic N) is 1. The summed E-state index contributed by atoms with van der Waals surface area (Å²) in [5.74, 6) is -0.0349. The molecule has 0 saturated heterocycles. The number of aromatic nitrogens is 1. The molecule has 1 heterocycles. The minimum atomic E-state index is -0.485. The molecule has 0 aliphatic rings. The lowest BCUT2D eigenvalue weighted by Gasteiger charge is -2.12. The Morgan fingerprint density at radius 2 is 1.70 bits per heavy atom. The van der Waals surface area contributed by atoms with Gasteiger partial charge in [0.25, 0.3) is 5.89 Å². The van der Waals surface area contributed by atoms with Gasteiger partial charge in [0.1, 0.15) is 23.6 Å². The Kier molecular flexibility index (Phi) is 5.57. The van der Waals surface area contributed by atoms with Crippen LogP contribution in [0.25, 0.3) is 11.1 Å². The van der Waals surface area contributed by atoms with E-state index in [1.54, 1.807) is 42.5 Å². The number of fused-ring (bicyclic) bond motifs is 1. The van der Waals surface area contributed by atoms with Gasteiger partial charge in [-0.1, -0.05) is 42.5 Å². The third kappa shape index (κ3) is 4.22. The number of Topliss-reactive ketones (excluding diaryl/α,β-unsaturated/α-hetero) is 2. The molecule has 30 heavy (non-hydrogen) atoms. The van der Waals surface area contributed by atoms with Crippen LogP contribution in [-0.2, 0) is 6.61 Å². The summed E-state index contributed by atoms with van der Waals surface area (Å²) in [5, 5.41) is 0. The largest absolute Gasteiger partial charge is 0.497 e. The molecule has 0 saturated carbocycles. The van der Waals surface area contributed by atoms with Gasteiger partial charge in [0.2, 0.25) is 5.78 Å². The van der Waals surface area contributed by atoms with Crippen molar-refractivity contribution in [3.05, 3.63) is 89.8 Å². The number of methoxy groups -OCH3 is 1. The average Bonchev–Trinajstić information content (AvgIpc) is 3.22.